The van der Waals surface area contributed by atoms with Crippen LogP contribution >= 0.6 is 0 Å². The highest BCUT2D eigenvalue weighted by Gasteiger charge is 2.12. The molecule has 0 aliphatic heterocycles. The Balaban J connectivity index is 3.20. The molecular formula is C19H39N. The average Bonchev–Trinajstić information content (AvgIpc) is 2.34. The Morgan fingerprint density at radius 1 is 0.600 bits per heavy atom. The molecule has 0 unspecified atom stereocenters. The average molecular weight is 282 g/mol. The van der Waals surface area contributed by atoms with Crippen LogP contribution in [-0.2, 0) is 0 Å². The van der Waals surface area contributed by atoms with Crippen molar-refractivity contribution >= 4 is 6.72 Å². The second-order valence-corrected chi connectivity index (χ2v) is 8.21. The number of hydrogen-bond donors (Lipinski definition) is 0. The van der Waals surface area contributed by atoms with E-state index in [0.29, 0.717) is 5.41 Å². The van der Waals surface area contributed by atoms with Crippen molar-refractivity contribution in [2.24, 2.45) is 10.4 Å². The summed E-state index contributed by atoms with van der Waals surface area (Å²) in [5, 5.41) is 0. The smallest absolute Gasteiger partial charge is 0.0545 e. The van der Waals surface area contributed by atoms with Gasteiger partial charge in [0.1, 0.15) is 0 Å². The van der Waals surface area contributed by atoms with Crippen molar-refractivity contribution in [3.05, 3.63) is 0 Å². The second kappa shape index (κ2) is 10.4. The van der Waals surface area contributed by atoms with E-state index in [-0.39, 0.29) is 5.54 Å². The maximum Gasteiger partial charge on any atom is 0.0545 e. The third-order valence-electron chi connectivity index (χ3n) is 4.14. The zero-order valence-electron chi connectivity index (χ0n) is 14.9. The Kier molecular flexibility index (Phi) is 10.2. The minimum Gasteiger partial charge on any atom is -0.295 e. The van der Waals surface area contributed by atoms with Gasteiger partial charge in [-0.1, -0.05) is 78.6 Å². The molecule has 1 heteroatoms. The Labute approximate surface area is 128 Å². The summed E-state index contributed by atoms with van der Waals surface area (Å²) < 4.78 is 0. The highest BCUT2D eigenvalue weighted by Crippen LogP contribution is 2.23. The summed E-state index contributed by atoms with van der Waals surface area (Å²) in [6.45, 7) is 15.0. The fraction of sp³-hybridized carbons (Fsp3) is 0.947. The zero-order valence-corrected chi connectivity index (χ0v) is 14.9. The fourth-order valence-electron chi connectivity index (χ4n) is 2.53. The molecule has 0 aliphatic rings. The van der Waals surface area contributed by atoms with E-state index in [9.17, 15) is 0 Å². The van der Waals surface area contributed by atoms with Crippen molar-refractivity contribution in [1.29, 1.82) is 0 Å². The molecule has 0 saturated carbocycles. The van der Waals surface area contributed by atoms with E-state index < -0.39 is 0 Å². The molecule has 0 aliphatic carbocycles. The van der Waals surface area contributed by atoms with Crippen molar-refractivity contribution in [3.8, 4) is 0 Å². The number of unbranched alkanes of at least 4 members (excludes halogenated alkanes) is 8. The monoisotopic (exact) mass is 281 g/mol. The molecule has 0 aromatic carbocycles. The van der Waals surface area contributed by atoms with Gasteiger partial charge in [-0.05, 0) is 38.8 Å². The molecular weight excluding hydrogens is 242 g/mol. The quantitative estimate of drug-likeness (QED) is 0.275. The van der Waals surface area contributed by atoms with Gasteiger partial charge in [0.15, 0.2) is 0 Å². The highest BCUT2D eigenvalue weighted by molar-refractivity contribution is 5.25. The van der Waals surface area contributed by atoms with E-state index in [0.717, 1.165) is 0 Å². The first kappa shape index (κ1) is 19.7. The molecule has 20 heavy (non-hydrogen) atoms. The van der Waals surface area contributed by atoms with Crippen LogP contribution in [0.15, 0.2) is 4.99 Å². The first-order chi connectivity index (χ1) is 9.27. The van der Waals surface area contributed by atoms with Gasteiger partial charge in [0.2, 0.25) is 0 Å². The minimum atomic E-state index is 0.0903. The van der Waals surface area contributed by atoms with Crippen molar-refractivity contribution in [2.45, 2.75) is 111 Å². The van der Waals surface area contributed by atoms with E-state index >= 15 is 0 Å². The Morgan fingerprint density at radius 2 is 0.950 bits per heavy atom. The van der Waals surface area contributed by atoms with Gasteiger partial charge in [-0.2, -0.15) is 0 Å². The summed E-state index contributed by atoms with van der Waals surface area (Å²) in [6, 6.07) is 0. The number of hydrogen-bond acceptors (Lipinski definition) is 1. The molecule has 0 heterocycles. The van der Waals surface area contributed by atoms with Gasteiger partial charge in [0, 0.05) is 0 Å². The molecule has 0 fully saturated rings. The van der Waals surface area contributed by atoms with E-state index in [2.05, 4.69) is 46.3 Å². The molecule has 0 spiro atoms. The number of aliphatic imine (C=N–C) groups is 1. The van der Waals surface area contributed by atoms with E-state index in [1.54, 1.807) is 0 Å². The third kappa shape index (κ3) is 14.1. The highest BCUT2D eigenvalue weighted by atomic mass is 14.8. The predicted octanol–water partition coefficient (Wildman–Crippen LogP) is 6.80. The normalized spacial score (nSPS) is 12.7. The van der Waals surface area contributed by atoms with Crippen molar-refractivity contribution in [1.82, 2.24) is 0 Å². The van der Waals surface area contributed by atoms with Gasteiger partial charge in [0.25, 0.3) is 0 Å². The van der Waals surface area contributed by atoms with Gasteiger partial charge >= 0.3 is 0 Å². The van der Waals surface area contributed by atoms with Gasteiger partial charge in [-0.25, -0.2) is 0 Å². The zero-order chi connectivity index (χ0) is 15.5. The molecule has 0 atom stereocenters. The lowest BCUT2D eigenvalue weighted by Gasteiger charge is -2.18. The van der Waals surface area contributed by atoms with Crippen LogP contribution in [0.3, 0.4) is 0 Å². The summed E-state index contributed by atoms with van der Waals surface area (Å²) in [5.41, 5.74) is 0.612. The van der Waals surface area contributed by atoms with E-state index in [1.165, 1.54) is 70.6 Å². The molecule has 0 amide bonds. The van der Waals surface area contributed by atoms with Crippen LogP contribution < -0.4 is 0 Å². The van der Waals surface area contributed by atoms with Crippen LogP contribution in [-0.4, -0.2) is 12.3 Å². The lowest BCUT2D eigenvalue weighted by atomic mass is 9.89. The SMILES string of the molecule is C=NC(C)(C)CCCCCCCCCCCC(C)(C)C. The molecule has 0 N–H and O–H groups in total. The summed E-state index contributed by atoms with van der Waals surface area (Å²) in [5.74, 6) is 0. The number of nitrogens with zero attached hydrogens (tertiary/aromatic N) is 1. The van der Waals surface area contributed by atoms with Crippen molar-refractivity contribution in [2.75, 3.05) is 0 Å². The second-order valence-electron chi connectivity index (χ2n) is 8.21. The fourth-order valence-corrected chi connectivity index (χ4v) is 2.53. The molecule has 0 saturated heterocycles. The lowest BCUT2D eigenvalue weighted by Crippen LogP contribution is -2.15. The summed E-state index contributed by atoms with van der Waals surface area (Å²) in [7, 11) is 0. The maximum absolute atomic E-state index is 4.16. The summed E-state index contributed by atoms with van der Waals surface area (Å²) in [4.78, 5) is 4.16. The van der Waals surface area contributed by atoms with E-state index in [4.69, 9.17) is 0 Å². The Morgan fingerprint density at radius 3 is 1.30 bits per heavy atom. The molecule has 120 valence electrons. The maximum atomic E-state index is 4.16. The van der Waals surface area contributed by atoms with Gasteiger partial charge in [-0.3, -0.25) is 4.99 Å². The largest absolute Gasteiger partial charge is 0.295 e. The molecule has 0 bridgehead atoms. The van der Waals surface area contributed by atoms with Gasteiger partial charge < -0.3 is 0 Å². The number of rotatable bonds is 12. The minimum absolute atomic E-state index is 0.0903. The summed E-state index contributed by atoms with van der Waals surface area (Å²) in [6.07, 6.45) is 15.2. The summed E-state index contributed by atoms with van der Waals surface area (Å²) >= 11 is 0. The van der Waals surface area contributed by atoms with Crippen LogP contribution in [0, 0.1) is 5.41 Å². The van der Waals surface area contributed by atoms with Gasteiger partial charge in [0.05, 0.1) is 5.54 Å². The van der Waals surface area contributed by atoms with Crippen LogP contribution in [0.2, 0.25) is 0 Å². The molecule has 0 aromatic rings. The van der Waals surface area contributed by atoms with Crippen LogP contribution in [0.5, 0.6) is 0 Å². The van der Waals surface area contributed by atoms with Crippen molar-refractivity contribution in [3.63, 3.8) is 0 Å². The molecule has 0 rings (SSSR count). The van der Waals surface area contributed by atoms with Crippen LogP contribution in [0.4, 0.5) is 0 Å². The lowest BCUT2D eigenvalue weighted by molar-refractivity contribution is 0.356. The van der Waals surface area contributed by atoms with Gasteiger partial charge in [-0.15, -0.1) is 0 Å². The first-order valence-electron chi connectivity index (χ1n) is 8.75. The predicted molar refractivity (Wildman–Crippen MR) is 93.9 cm³/mol. The molecule has 0 aromatic heterocycles. The first-order valence-corrected chi connectivity index (χ1v) is 8.75. The Bertz CT molecular complexity index is 235. The molecule has 0 radical (unpaired) electrons. The topological polar surface area (TPSA) is 12.4 Å². The van der Waals surface area contributed by atoms with E-state index in [1.807, 2.05) is 0 Å². The van der Waals surface area contributed by atoms with Crippen LogP contribution in [0.25, 0.3) is 0 Å². The van der Waals surface area contributed by atoms with Crippen LogP contribution in [0.1, 0.15) is 105 Å². The molecule has 1 nitrogen and oxygen atoms in total. The van der Waals surface area contributed by atoms with Crippen molar-refractivity contribution < 1.29 is 0 Å². The third-order valence-corrected chi connectivity index (χ3v) is 4.14. The standard InChI is InChI=1S/C19H39N/c1-18(2,3)16-14-12-10-8-7-9-11-13-15-17-19(4,5)20-6/h6-17H2,1-5H3. The Hall–Kier alpha value is -0.330.